The van der Waals surface area contributed by atoms with Gasteiger partial charge < -0.3 is 10.6 Å². The van der Waals surface area contributed by atoms with Gasteiger partial charge in [0.1, 0.15) is 12.7 Å². The van der Waals surface area contributed by atoms with Gasteiger partial charge in [-0.15, -0.1) is 24.0 Å². The molecule has 122 valence electrons. The fraction of sp³-hybridized carbons (Fsp3) is 0.312. The van der Waals surface area contributed by atoms with Crippen molar-refractivity contribution < 1.29 is 0 Å². The second-order valence-electron chi connectivity index (χ2n) is 5.22. The first-order chi connectivity index (χ1) is 10.8. The first kappa shape index (κ1) is 17.5. The number of aromatic nitrogens is 3. The van der Waals surface area contributed by atoms with Gasteiger partial charge in [-0.2, -0.15) is 5.10 Å². The molecule has 6 nitrogen and oxygen atoms in total. The number of benzene rings is 1. The minimum Gasteiger partial charge on any atom is -0.353 e. The highest BCUT2D eigenvalue weighted by atomic mass is 127. The van der Waals surface area contributed by atoms with Gasteiger partial charge in [-0.05, 0) is 30.5 Å². The molecule has 0 atom stereocenters. The monoisotopic (exact) mass is 424 g/mol. The van der Waals surface area contributed by atoms with Gasteiger partial charge in [0.25, 0.3) is 0 Å². The number of aliphatic imine (C=N–C) groups is 1. The van der Waals surface area contributed by atoms with Gasteiger partial charge in [0, 0.05) is 19.6 Å². The Labute approximate surface area is 153 Å². The molecule has 0 aliphatic heterocycles. The Balaban J connectivity index is 0.00000192. The van der Waals surface area contributed by atoms with Crippen molar-refractivity contribution in [2.75, 3.05) is 7.05 Å². The third kappa shape index (κ3) is 4.78. The van der Waals surface area contributed by atoms with E-state index in [1.54, 1.807) is 18.1 Å². The first-order valence-electron chi connectivity index (χ1n) is 7.41. The molecule has 2 aromatic rings. The van der Waals surface area contributed by atoms with Crippen molar-refractivity contribution in [3.8, 4) is 5.69 Å². The van der Waals surface area contributed by atoms with E-state index in [1.165, 1.54) is 11.9 Å². The second kappa shape index (κ2) is 8.66. The molecule has 1 aromatic carbocycles. The topological polar surface area (TPSA) is 67.1 Å². The Morgan fingerprint density at radius 1 is 1.26 bits per heavy atom. The highest BCUT2D eigenvalue weighted by Crippen LogP contribution is 2.09. The summed E-state index contributed by atoms with van der Waals surface area (Å²) in [6.07, 6.45) is 9.75. The lowest BCUT2D eigenvalue weighted by molar-refractivity contribution is 0.633. The summed E-state index contributed by atoms with van der Waals surface area (Å²) in [5, 5.41) is 10.9. The van der Waals surface area contributed by atoms with Crippen LogP contribution in [0, 0.1) is 0 Å². The summed E-state index contributed by atoms with van der Waals surface area (Å²) >= 11 is 0. The SMILES string of the molecule is CN=C(NCc1ccc(-n2cncn2)cc1)NC1CC=CC1.I. The lowest BCUT2D eigenvalue weighted by Gasteiger charge is -2.17. The molecular formula is C16H21IN6. The fourth-order valence-corrected chi connectivity index (χ4v) is 2.42. The lowest BCUT2D eigenvalue weighted by Crippen LogP contribution is -2.42. The summed E-state index contributed by atoms with van der Waals surface area (Å²) < 4.78 is 1.74. The molecule has 0 bridgehead atoms. The predicted molar refractivity (Wildman–Crippen MR) is 102 cm³/mol. The zero-order chi connectivity index (χ0) is 15.2. The lowest BCUT2D eigenvalue weighted by atomic mass is 10.2. The van der Waals surface area contributed by atoms with Crippen molar-refractivity contribution >= 4 is 29.9 Å². The van der Waals surface area contributed by atoms with Crippen molar-refractivity contribution in [1.29, 1.82) is 0 Å². The highest BCUT2D eigenvalue weighted by molar-refractivity contribution is 14.0. The van der Waals surface area contributed by atoms with Gasteiger partial charge in [-0.25, -0.2) is 9.67 Å². The van der Waals surface area contributed by atoms with Crippen LogP contribution in [-0.4, -0.2) is 33.8 Å². The zero-order valence-corrected chi connectivity index (χ0v) is 15.3. The molecule has 3 rings (SSSR count). The van der Waals surface area contributed by atoms with E-state index in [0.29, 0.717) is 6.04 Å². The van der Waals surface area contributed by atoms with Crippen LogP contribution in [0.3, 0.4) is 0 Å². The van der Waals surface area contributed by atoms with E-state index in [1.807, 2.05) is 12.1 Å². The van der Waals surface area contributed by atoms with E-state index >= 15 is 0 Å². The van der Waals surface area contributed by atoms with E-state index in [2.05, 4.69) is 50.0 Å². The number of rotatable bonds is 4. The van der Waals surface area contributed by atoms with Crippen LogP contribution in [-0.2, 0) is 6.54 Å². The van der Waals surface area contributed by atoms with Crippen LogP contribution < -0.4 is 10.6 Å². The maximum atomic E-state index is 4.27. The third-order valence-electron chi connectivity index (χ3n) is 3.65. The predicted octanol–water partition coefficient (Wildman–Crippen LogP) is 2.27. The van der Waals surface area contributed by atoms with Crippen molar-refractivity contribution in [2.45, 2.75) is 25.4 Å². The van der Waals surface area contributed by atoms with Crippen LogP contribution in [0.1, 0.15) is 18.4 Å². The van der Waals surface area contributed by atoms with Gasteiger partial charge in [0.05, 0.1) is 5.69 Å². The minimum atomic E-state index is 0. The van der Waals surface area contributed by atoms with Gasteiger partial charge >= 0.3 is 0 Å². The number of hydrogen-bond acceptors (Lipinski definition) is 3. The van der Waals surface area contributed by atoms with Crippen LogP contribution >= 0.6 is 24.0 Å². The summed E-state index contributed by atoms with van der Waals surface area (Å²) in [4.78, 5) is 8.22. The van der Waals surface area contributed by atoms with Gasteiger partial charge in [-0.3, -0.25) is 4.99 Å². The van der Waals surface area contributed by atoms with Crippen LogP contribution in [0.15, 0.2) is 54.1 Å². The highest BCUT2D eigenvalue weighted by Gasteiger charge is 2.11. The van der Waals surface area contributed by atoms with E-state index in [-0.39, 0.29) is 24.0 Å². The van der Waals surface area contributed by atoms with Gasteiger partial charge in [0.15, 0.2) is 5.96 Å². The third-order valence-corrected chi connectivity index (χ3v) is 3.65. The maximum Gasteiger partial charge on any atom is 0.191 e. The van der Waals surface area contributed by atoms with Crippen LogP contribution in [0.2, 0.25) is 0 Å². The smallest absolute Gasteiger partial charge is 0.191 e. The maximum absolute atomic E-state index is 4.27. The summed E-state index contributed by atoms with van der Waals surface area (Å²) in [5.74, 6) is 0.842. The molecule has 0 radical (unpaired) electrons. The molecule has 7 heteroatoms. The van der Waals surface area contributed by atoms with E-state index in [0.717, 1.165) is 31.0 Å². The zero-order valence-electron chi connectivity index (χ0n) is 13.0. The molecule has 2 N–H and O–H groups in total. The largest absolute Gasteiger partial charge is 0.353 e. The molecule has 0 amide bonds. The van der Waals surface area contributed by atoms with E-state index in [9.17, 15) is 0 Å². The van der Waals surface area contributed by atoms with Crippen molar-refractivity contribution in [1.82, 2.24) is 25.4 Å². The number of halogens is 1. The van der Waals surface area contributed by atoms with Crippen LogP contribution in [0.4, 0.5) is 0 Å². The second-order valence-corrected chi connectivity index (χ2v) is 5.22. The molecule has 23 heavy (non-hydrogen) atoms. The first-order valence-corrected chi connectivity index (χ1v) is 7.41. The number of guanidine groups is 1. The van der Waals surface area contributed by atoms with Crippen LogP contribution in [0.5, 0.6) is 0 Å². The fourth-order valence-electron chi connectivity index (χ4n) is 2.42. The quantitative estimate of drug-likeness (QED) is 0.342. The molecule has 1 heterocycles. The number of nitrogens with one attached hydrogen (secondary N) is 2. The molecule has 0 saturated heterocycles. The van der Waals surface area contributed by atoms with Crippen LogP contribution in [0.25, 0.3) is 5.69 Å². The molecule has 1 aliphatic rings. The van der Waals surface area contributed by atoms with Gasteiger partial charge in [-0.1, -0.05) is 24.3 Å². The Morgan fingerprint density at radius 2 is 2.00 bits per heavy atom. The summed E-state index contributed by atoms with van der Waals surface area (Å²) in [6.45, 7) is 0.734. The Kier molecular flexibility index (Phi) is 6.57. The summed E-state index contributed by atoms with van der Waals surface area (Å²) in [7, 11) is 1.80. The molecule has 1 aromatic heterocycles. The van der Waals surface area contributed by atoms with E-state index < -0.39 is 0 Å². The summed E-state index contributed by atoms with van der Waals surface area (Å²) in [5.41, 5.74) is 2.19. The molecule has 1 aliphatic carbocycles. The molecule has 0 saturated carbocycles. The van der Waals surface area contributed by atoms with Crippen molar-refractivity contribution in [2.24, 2.45) is 4.99 Å². The van der Waals surface area contributed by atoms with Crippen molar-refractivity contribution in [3.05, 3.63) is 54.6 Å². The minimum absolute atomic E-state index is 0. The average molecular weight is 424 g/mol. The molecule has 0 fully saturated rings. The number of hydrogen-bond donors (Lipinski definition) is 2. The molecule has 0 unspecified atom stereocenters. The Morgan fingerprint density at radius 3 is 2.61 bits per heavy atom. The van der Waals surface area contributed by atoms with Crippen molar-refractivity contribution in [3.63, 3.8) is 0 Å². The standard InChI is InChI=1S/C16H20N6.HI/c1-17-16(21-14-4-2-3-5-14)19-10-13-6-8-15(9-7-13)22-12-18-11-20-22;/h2-3,6-9,11-12,14H,4-5,10H2,1H3,(H2,17,19,21);1H. The Hall–Kier alpha value is -1.90. The molecule has 0 spiro atoms. The average Bonchev–Trinajstić information content (AvgIpc) is 3.25. The normalized spacial score (nSPS) is 14.6. The molecular weight excluding hydrogens is 403 g/mol. The number of nitrogens with zero attached hydrogens (tertiary/aromatic N) is 4. The summed E-state index contributed by atoms with van der Waals surface area (Å²) in [6, 6.07) is 8.68. The van der Waals surface area contributed by atoms with Gasteiger partial charge in [0.2, 0.25) is 0 Å². The Bertz CT molecular complexity index is 640. The van der Waals surface area contributed by atoms with E-state index in [4.69, 9.17) is 0 Å².